The van der Waals surface area contributed by atoms with Gasteiger partial charge in [-0.2, -0.15) is 0 Å². The van der Waals surface area contributed by atoms with Gasteiger partial charge in [-0.15, -0.1) is 11.3 Å². The predicted molar refractivity (Wildman–Crippen MR) is 65.3 cm³/mol. The molecule has 1 saturated carbocycles. The molecule has 0 radical (unpaired) electrons. The van der Waals surface area contributed by atoms with Crippen LogP contribution in [-0.4, -0.2) is 11.5 Å². The normalized spacial score (nSPS) is 16.2. The van der Waals surface area contributed by atoms with Crippen molar-refractivity contribution in [3.05, 3.63) is 16.1 Å². The average Bonchev–Trinajstić information content (AvgIpc) is 2.90. The molecule has 0 amide bonds. The molecule has 1 aromatic rings. The Morgan fingerprint density at radius 2 is 2.33 bits per heavy atom. The highest BCUT2D eigenvalue weighted by Crippen LogP contribution is 2.31. The van der Waals surface area contributed by atoms with E-state index in [2.05, 4.69) is 29.5 Å². The van der Waals surface area contributed by atoms with Gasteiger partial charge in [0.2, 0.25) is 0 Å². The first-order valence-electron chi connectivity index (χ1n) is 5.90. The predicted octanol–water partition coefficient (Wildman–Crippen LogP) is 3.16. The highest BCUT2D eigenvalue weighted by molar-refractivity contribution is 7.09. The van der Waals surface area contributed by atoms with Crippen LogP contribution in [0, 0.1) is 5.92 Å². The van der Waals surface area contributed by atoms with Crippen LogP contribution < -0.4 is 5.32 Å². The van der Waals surface area contributed by atoms with Gasteiger partial charge in [0.05, 0.1) is 10.7 Å². The number of rotatable bonds is 6. The molecular weight excluding hydrogens is 204 g/mol. The van der Waals surface area contributed by atoms with E-state index >= 15 is 0 Å². The summed E-state index contributed by atoms with van der Waals surface area (Å²) in [6.07, 6.45) is 4.26. The van der Waals surface area contributed by atoms with Crippen LogP contribution in [0.1, 0.15) is 49.7 Å². The van der Waals surface area contributed by atoms with Gasteiger partial charge < -0.3 is 5.32 Å². The van der Waals surface area contributed by atoms with E-state index < -0.39 is 0 Å². The van der Waals surface area contributed by atoms with Gasteiger partial charge in [0.15, 0.2) is 0 Å². The maximum atomic E-state index is 4.60. The third-order valence-corrected chi connectivity index (χ3v) is 3.99. The van der Waals surface area contributed by atoms with Gasteiger partial charge in [0.1, 0.15) is 0 Å². The number of thiazole rings is 1. The lowest BCUT2D eigenvalue weighted by Gasteiger charge is -2.01. The molecule has 0 aromatic carbocycles. The third kappa shape index (κ3) is 3.58. The SMILES string of the molecule is CC(C)c1nc(CNCCC2CC2)cs1. The molecule has 1 aliphatic carbocycles. The van der Waals surface area contributed by atoms with E-state index in [0.717, 1.165) is 19.0 Å². The number of nitrogens with zero attached hydrogens (tertiary/aromatic N) is 1. The van der Waals surface area contributed by atoms with E-state index in [0.29, 0.717) is 5.92 Å². The fraction of sp³-hybridized carbons (Fsp3) is 0.750. The van der Waals surface area contributed by atoms with Crippen molar-refractivity contribution in [2.45, 2.75) is 45.6 Å². The molecule has 1 N–H and O–H groups in total. The lowest BCUT2D eigenvalue weighted by molar-refractivity contribution is 0.607. The topological polar surface area (TPSA) is 24.9 Å². The molecule has 0 atom stereocenters. The van der Waals surface area contributed by atoms with E-state index in [4.69, 9.17) is 0 Å². The van der Waals surface area contributed by atoms with Crippen LogP contribution in [0.25, 0.3) is 0 Å². The summed E-state index contributed by atoms with van der Waals surface area (Å²) >= 11 is 1.78. The van der Waals surface area contributed by atoms with Crippen LogP contribution in [0.2, 0.25) is 0 Å². The number of hydrogen-bond acceptors (Lipinski definition) is 3. The van der Waals surface area contributed by atoms with E-state index in [9.17, 15) is 0 Å². The Morgan fingerprint density at radius 1 is 1.53 bits per heavy atom. The van der Waals surface area contributed by atoms with Gasteiger partial charge in [-0.25, -0.2) is 4.98 Å². The average molecular weight is 224 g/mol. The highest BCUT2D eigenvalue weighted by atomic mass is 32.1. The molecule has 0 aliphatic heterocycles. The molecule has 1 aromatic heterocycles. The molecule has 0 spiro atoms. The smallest absolute Gasteiger partial charge is 0.0954 e. The Kier molecular flexibility index (Phi) is 3.76. The first kappa shape index (κ1) is 11.1. The molecule has 0 saturated heterocycles. The molecule has 0 unspecified atom stereocenters. The molecule has 1 aliphatic rings. The summed E-state index contributed by atoms with van der Waals surface area (Å²) in [6.45, 7) is 6.49. The summed E-state index contributed by atoms with van der Waals surface area (Å²) in [5.41, 5.74) is 1.21. The highest BCUT2D eigenvalue weighted by Gasteiger charge is 2.19. The minimum Gasteiger partial charge on any atom is -0.311 e. The Bertz CT molecular complexity index is 302. The van der Waals surface area contributed by atoms with Crippen molar-refractivity contribution in [2.75, 3.05) is 6.54 Å². The van der Waals surface area contributed by atoms with Gasteiger partial charge >= 0.3 is 0 Å². The summed E-state index contributed by atoms with van der Waals surface area (Å²) in [6, 6.07) is 0. The van der Waals surface area contributed by atoms with Crippen molar-refractivity contribution < 1.29 is 0 Å². The van der Waals surface area contributed by atoms with Gasteiger partial charge in [0, 0.05) is 17.8 Å². The van der Waals surface area contributed by atoms with Crippen LogP contribution in [0.5, 0.6) is 0 Å². The first-order valence-corrected chi connectivity index (χ1v) is 6.78. The summed E-state index contributed by atoms with van der Waals surface area (Å²) in [4.78, 5) is 4.60. The minimum absolute atomic E-state index is 0.565. The van der Waals surface area contributed by atoms with Crippen molar-refractivity contribution in [3.63, 3.8) is 0 Å². The Morgan fingerprint density at radius 3 is 2.93 bits per heavy atom. The van der Waals surface area contributed by atoms with Gasteiger partial charge in [0.25, 0.3) is 0 Å². The Balaban J connectivity index is 1.67. The molecule has 1 fully saturated rings. The van der Waals surface area contributed by atoms with Crippen molar-refractivity contribution in [1.82, 2.24) is 10.3 Å². The molecule has 3 heteroatoms. The fourth-order valence-corrected chi connectivity index (χ4v) is 2.43. The third-order valence-electron chi connectivity index (χ3n) is 2.80. The van der Waals surface area contributed by atoms with E-state index in [-0.39, 0.29) is 0 Å². The molecule has 2 nitrogen and oxygen atoms in total. The van der Waals surface area contributed by atoms with Crippen molar-refractivity contribution in [3.8, 4) is 0 Å². The second-order valence-corrected chi connectivity index (χ2v) is 5.63. The molecule has 2 rings (SSSR count). The molecule has 1 heterocycles. The largest absolute Gasteiger partial charge is 0.311 e. The minimum atomic E-state index is 0.565. The van der Waals surface area contributed by atoms with Gasteiger partial charge in [-0.05, 0) is 18.9 Å². The van der Waals surface area contributed by atoms with E-state index in [1.807, 2.05) is 0 Å². The molecular formula is C12H20N2S. The zero-order valence-electron chi connectivity index (χ0n) is 9.62. The number of nitrogens with one attached hydrogen (secondary N) is 1. The zero-order valence-corrected chi connectivity index (χ0v) is 10.4. The van der Waals surface area contributed by atoms with Crippen molar-refractivity contribution >= 4 is 11.3 Å². The quantitative estimate of drug-likeness (QED) is 0.751. The zero-order chi connectivity index (χ0) is 10.7. The fourth-order valence-electron chi connectivity index (χ4n) is 1.60. The van der Waals surface area contributed by atoms with Crippen LogP contribution in [-0.2, 0) is 6.54 Å². The van der Waals surface area contributed by atoms with Gasteiger partial charge in [-0.1, -0.05) is 26.7 Å². The standard InChI is InChI=1S/C12H20N2S/c1-9(2)12-14-11(8-15-12)7-13-6-5-10-3-4-10/h8-10,13H,3-7H2,1-2H3. The van der Waals surface area contributed by atoms with Crippen molar-refractivity contribution in [2.24, 2.45) is 5.92 Å². The van der Waals surface area contributed by atoms with Crippen molar-refractivity contribution in [1.29, 1.82) is 0 Å². The Hall–Kier alpha value is -0.410. The second-order valence-electron chi connectivity index (χ2n) is 4.74. The lowest BCUT2D eigenvalue weighted by Crippen LogP contribution is -2.15. The van der Waals surface area contributed by atoms with E-state index in [1.165, 1.54) is 30.0 Å². The monoisotopic (exact) mass is 224 g/mol. The number of hydrogen-bond donors (Lipinski definition) is 1. The lowest BCUT2D eigenvalue weighted by atomic mass is 10.2. The van der Waals surface area contributed by atoms with Crippen LogP contribution in [0.15, 0.2) is 5.38 Å². The van der Waals surface area contributed by atoms with Crippen LogP contribution in [0.4, 0.5) is 0 Å². The summed E-state index contributed by atoms with van der Waals surface area (Å²) in [5, 5.41) is 6.91. The maximum Gasteiger partial charge on any atom is 0.0954 e. The number of aromatic nitrogens is 1. The second kappa shape index (κ2) is 5.08. The maximum absolute atomic E-state index is 4.60. The summed E-state index contributed by atoms with van der Waals surface area (Å²) in [5.74, 6) is 1.59. The molecule has 84 valence electrons. The first-order chi connectivity index (χ1) is 7.25. The summed E-state index contributed by atoms with van der Waals surface area (Å²) < 4.78 is 0. The summed E-state index contributed by atoms with van der Waals surface area (Å²) in [7, 11) is 0. The van der Waals surface area contributed by atoms with E-state index in [1.54, 1.807) is 11.3 Å². The van der Waals surface area contributed by atoms with Crippen LogP contribution >= 0.6 is 11.3 Å². The Labute approximate surface area is 96.1 Å². The molecule has 15 heavy (non-hydrogen) atoms. The van der Waals surface area contributed by atoms with Gasteiger partial charge in [-0.3, -0.25) is 0 Å². The van der Waals surface area contributed by atoms with Crippen LogP contribution in [0.3, 0.4) is 0 Å². The molecule has 0 bridgehead atoms.